The maximum atomic E-state index is 12.3. The summed E-state index contributed by atoms with van der Waals surface area (Å²) in [6.45, 7) is 1.73. The van der Waals surface area contributed by atoms with E-state index in [1.165, 1.54) is 12.1 Å². The van der Waals surface area contributed by atoms with Crippen LogP contribution in [0.25, 0.3) is 0 Å². The van der Waals surface area contributed by atoms with Crippen molar-refractivity contribution in [2.45, 2.75) is 31.2 Å². The molecule has 3 rings (SSSR count). The van der Waals surface area contributed by atoms with Crippen molar-refractivity contribution in [1.29, 1.82) is 0 Å². The molecule has 2 heterocycles. The summed E-state index contributed by atoms with van der Waals surface area (Å²) in [4.78, 5) is 16.3. The Morgan fingerprint density at radius 1 is 1.29 bits per heavy atom. The molecule has 8 heteroatoms. The van der Waals surface area contributed by atoms with Crippen LogP contribution in [-0.4, -0.2) is 28.8 Å². The van der Waals surface area contributed by atoms with Crippen LogP contribution in [0.1, 0.15) is 35.4 Å². The normalized spacial score (nSPS) is 16.2. The monoisotopic (exact) mass is 307 g/mol. The highest BCUT2D eigenvalue weighted by Crippen LogP contribution is 2.30. The van der Waals surface area contributed by atoms with Crippen molar-refractivity contribution in [3.05, 3.63) is 41.5 Å². The molecule has 0 saturated carbocycles. The Kier molecular flexibility index (Phi) is 3.25. The van der Waals surface area contributed by atoms with Gasteiger partial charge in [-0.2, -0.15) is 4.98 Å². The fourth-order valence-corrected chi connectivity index (χ4v) is 3.71. The Morgan fingerprint density at radius 3 is 2.76 bits per heavy atom. The van der Waals surface area contributed by atoms with Crippen LogP contribution in [-0.2, 0) is 23.0 Å². The number of aryl methyl sites for hydroxylation is 1. The summed E-state index contributed by atoms with van der Waals surface area (Å²) >= 11 is 0. The lowest BCUT2D eigenvalue weighted by molar-refractivity contribution is 0.0855. The zero-order valence-corrected chi connectivity index (χ0v) is 12.1. The molecule has 1 aromatic carbocycles. The van der Waals surface area contributed by atoms with Crippen LogP contribution < -0.4 is 0 Å². The Bertz CT molecular complexity index is 797. The van der Waals surface area contributed by atoms with E-state index < -0.39 is 15.9 Å². The summed E-state index contributed by atoms with van der Waals surface area (Å²) < 4.78 is 30.5. The predicted octanol–water partition coefficient (Wildman–Crippen LogP) is 1.37. The van der Waals surface area contributed by atoms with Gasteiger partial charge in [0.15, 0.2) is 5.82 Å². The number of carbonyl (C=O) groups is 1. The average molecular weight is 307 g/mol. The van der Waals surface area contributed by atoms with E-state index >= 15 is 0 Å². The van der Waals surface area contributed by atoms with E-state index in [1.54, 1.807) is 12.1 Å². The number of carbonyl (C=O) groups excluding carboxylic acids is 1. The highest BCUT2D eigenvalue weighted by atomic mass is 32.2. The minimum atomic E-state index is -3.84. The van der Waals surface area contributed by atoms with Gasteiger partial charge in [-0.3, -0.25) is 4.79 Å². The van der Waals surface area contributed by atoms with Gasteiger partial charge in [0.2, 0.25) is 5.89 Å². The lowest BCUT2D eigenvalue weighted by Gasteiger charge is -2.11. The van der Waals surface area contributed by atoms with Gasteiger partial charge >= 0.3 is 0 Å². The lowest BCUT2D eigenvalue weighted by Crippen LogP contribution is -2.29. The molecule has 0 atom stereocenters. The summed E-state index contributed by atoms with van der Waals surface area (Å²) in [5.74, 6) is 0.0538. The van der Waals surface area contributed by atoms with Crippen molar-refractivity contribution < 1.29 is 17.7 Å². The summed E-state index contributed by atoms with van der Waals surface area (Å²) in [6, 6.07) is 6.12. The molecule has 0 aliphatic carbocycles. The topological polar surface area (TPSA) is 93.4 Å². The second kappa shape index (κ2) is 4.96. The number of amides is 1. The molecule has 0 unspecified atom stereocenters. The van der Waals surface area contributed by atoms with Crippen molar-refractivity contribution in [3.8, 4) is 0 Å². The summed E-state index contributed by atoms with van der Waals surface area (Å²) in [5.41, 5.74) is 0.172. The highest BCUT2D eigenvalue weighted by Gasteiger charge is 2.41. The van der Waals surface area contributed by atoms with Gasteiger partial charge in [0.05, 0.1) is 5.56 Å². The van der Waals surface area contributed by atoms with Crippen molar-refractivity contribution in [2.75, 3.05) is 0 Å². The largest absolute Gasteiger partial charge is 0.337 e. The van der Waals surface area contributed by atoms with Gasteiger partial charge in [-0.15, -0.1) is 0 Å². The van der Waals surface area contributed by atoms with E-state index in [1.807, 2.05) is 6.92 Å². The molecule has 1 aromatic heterocycles. The maximum absolute atomic E-state index is 12.3. The average Bonchev–Trinajstić information content (AvgIpc) is 2.98. The van der Waals surface area contributed by atoms with Crippen LogP contribution >= 0.6 is 0 Å². The number of benzene rings is 1. The number of hydrogen-bond donors (Lipinski definition) is 0. The number of rotatable bonds is 4. The number of hydrogen-bond acceptors (Lipinski definition) is 6. The smallest absolute Gasteiger partial charge is 0.269 e. The van der Waals surface area contributed by atoms with E-state index in [4.69, 9.17) is 4.52 Å². The molecule has 0 fully saturated rings. The SMILES string of the molecule is CCCc1noc(CN2C(=O)c3ccccc3S2(=O)=O)n1. The molecule has 0 bridgehead atoms. The maximum Gasteiger partial charge on any atom is 0.269 e. The van der Waals surface area contributed by atoms with Gasteiger partial charge in [-0.05, 0) is 18.6 Å². The van der Waals surface area contributed by atoms with Crippen LogP contribution in [0.4, 0.5) is 0 Å². The van der Waals surface area contributed by atoms with Crippen LogP contribution in [0.5, 0.6) is 0 Å². The Balaban J connectivity index is 1.91. The van der Waals surface area contributed by atoms with Gasteiger partial charge in [0, 0.05) is 6.42 Å². The molecule has 1 aliphatic rings. The van der Waals surface area contributed by atoms with Gasteiger partial charge in [0.1, 0.15) is 11.4 Å². The molecule has 7 nitrogen and oxygen atoms in total. The highest BCUT2D eigenvalue weighted by molar-refractivity contribution is 7.90. The molecule has 1 aliphatic heterocycles. The fraction of sp³-hybridized carbons (Fsp3) is 0.308. The standard InChI is InChI=1S/C13H13N3O4S/c1-2-5-11-14-12(20-15-11)8-16-13(17)9-6-3-4-7-10(9)21(16,18)19/h3-4,6-7H,2,5,8H2,1H3. The van der Waals surface area contributed by atoms with Crippen molar-refractivity contribution in [1.82, 2.24) is 14.4 Å². The first kappa shape index (κ1) is 13.7. The fourth-order valence-electron chi connectivity index (χ4n) is 2.19. The Labute approximate surface area is 121 Å². The Morgan fingerprint density at radius 2 is 2.05 bits per heavy atom. The second-order valence-corrected chi connectivity index (χ2v) is 6.50. The van der Waals surface area contributed by atoms with E-state index in [-0.39, 0.29) is 22.9 Å². The second-order valence-electron chi connectivity index (χ2n) is 4.67. The zero-order chi connectivity index (χ0) is 15.0. The van der Waals surface area contributed by atoms with Crippen molar-refractivity contribution in [3.63, 3.8) is 0 Å². The molecule has 0 spiro atoms. The van der Waals surface area contributed by atoms with Crippen LogP contribution in [0.15, 0.2) is 33.7 Å². The third-order valence-corrected chi connectivity index (χ3v) is 4.96. The molecule has 0 saturated heterocycles. The first-order valence-corrected chi connectivity index (χ1v) is 7.95. The van der Waals surface area contributed by atoms with E-state index in [9.17, 15) is 13.2 Å². The molecular weight excluding hydrogens is 294 g/mol. The third-order valence-electron chi connectivity index (χ3n) is 3.17. The van der Waals surface area contributed by atoms with Crippen LogP contribution in [0.3, 0.4) is 0 Å². The van der Waals surface area contributed by atoms with Crippen molar-refractivity contribution in [2.24, 2.45) is 0 Å². The van der Waals surface area contributed by atoms with E-state index in [2.05, 4.69) is 10.1 Å². The molecule has 0 N–H and O–H groups in total. The zero-order valence-electron chi connectivity index (χ0n) is 11.3. The predicted molar refractivity (Wildman–Crippen MR) is 71.8 cm³/mol. The number of aromatic nitrogens is 2. The lowest BCUT2D eigenvalue weighted by atomic mass is 10.2. The molecule has 1 amide bonds. The quantitative estimate of drug-likeness (QED) is 0.846. The molecule has 2 aromatic rings. The minimum Gasteiger partial charge on any atom is -0.337 e. The molecule has 21 heavy (non-hydrogen) atoms. The number of fused-ring (bicyclic) bond motifs is 1. The summed E-state index contributed by atoms with van der Waals surface area (Å²) in [5, 5.41) is 3.75. The van der Waals surface area contributed by atoms with E-state index in [0.29, 0.717) is 12.2 Å². The van der Waals surface area contributed by atoms with Crippen LogP contribution in [0, 0.1) is 0 Å². The molecule has 0 radical (unpaired) electrons. The molecular formula is C13H13N3O4S. The first-order valence-electron chi connectivity index (χ1n) is 6.51. The van der Waals surface area contributed by atoms with Gasteiger partial charge in [-0.25, -0.2) is 12.7 Å². The van der Waals surface area contributed by atoms with Gasteiger partial charge in [-0.1, -0.05) is 24.2 Å². The van der Waals surface area contributed by atoms with Crippen LogP contribution in [0.2, 0.25) is 0 Å². The summed E-state index contributed by atoms with van der Waals surface area (Å²) in [6.07, 6.45) is 1.50. The van der Waals surface area contributed by atoms with Crippen molar-refractivity contribution >= 4 is 15.9 Å². The Hall–Kier alpha value is -2.22. The van der Waals surface area contributed by atoms with Gasteiger partial charge < -0.3 is 4.52 Å². The summed E-state index contributed by atoms with van der Waals surface area (Å²) in [7, 11) is -3.84. The van der Waals surface area contributed by atoms with E-state index in [0.717, 1.165) is 10.7 Å². The number of sulfonamides is 1. The first-order chi connectivity index (χ1) is 10.0. The third kappa shape index (κ3) is 2.21. The molecule has 110 valence electrons. The number of nitrogens with zero attached hydrogens (tertiary/aromatic N) is 3. The van der Waals surface area contributed by atoms with Gasteiger partial charge in [0.25, 0.3) is 15.9 Å². The minimum absolute atomic E-state index is 0.0169.